The Morgan fingerprint density at radius 1 is 1.00 bits per heavy atom. The molecule has 114 valence electrons. The maximum atomic E-state index is 13.1. The normalized spacial score (nSPS) is 29.0. The first kappa shape index (κ1) is 13.4. The van der Waals surface area contributed by atoms with Crippen molar-refractivity contribution < 1.29 is 8.78 Å². The zero-order valence-electron chi connectivity index (χ0n) is 12.1. The van der Waals surface area contributed by atoms with E-state index in [4.69, 9.17) is 0 Å². The molecule has 2 aliphatic carbocycles. The Balaban J connectivity index is 1.61. The van der Waals surface area contributed by atoms with Crippen molar-refractivity contribution in [2.45, 2.75) is 50.9 Å². The molecule has 3 aliphatic rings. The Bertz CT molecular complexity index is 496. The van der Waals surface area contributed by atoms with Gasteiger partial charge in [0.15, 0.2) is 0 Å². The smallest absolute Gasteiger partial charge is 0.280 e. The number of rotatable bonds is 3. The highest BCUT2D eigenvalue weighted by Gasteiger charge is 2.36. The van der Waals surface area contributed by atoms with E-state index in [-0.39, 0.29) is 5.69 Å². The molecule has 0 radical (unpaired) electrons. The fraction of sp³-hybridized carbons (Fsp3) is 0.750. The topological polar surface area (TPSA) is 29.0 Å². The van der Waals surface area contributed by atoms with Crippen molar-refractivity contribution in [2.24, 2.45) is 11.8 Å². The molecule has 2 heterocycles. The van der Waals surface area contributed by atoms with Crippen LogP contribution in [0.2, 0.25) is 0 Å². The van der Waals surface area contributed by atoms with Gasteiger partial charge in [0.25, 0.3) is 6.43 Å². The van der Waals surface area contributed by atoms with Crippen LogP contribution in [0.15, 0.2) is 6.07 Å². The SMILES string of the molecule is FC(F)c1cc(N2CC3CCCCC3C2)nc(C2CC2)n1. The summed E-state index contributed by atoms with van der Waals surface area (Å²) in [5.41, 5.74) is -0.100. The number of hydrogen-bond donors (Lipinski definition) is 0. The van der Waals surface area contributed by atoms with Gasteiger partial charge in [0.1, 0.15) is 17.3 Å². The first-order chi connectivity index (χ1) is 10.2. The number of halogens is 2. The second-order valence-electron chi connectivity index (χ2n) is 6.79. The highest BCUT2D eigenvalue weighted by atomic mass is 19.3. The summed E-state index contributed by atoms with van der Waals surface area (Å²) in [7, 11) is 0. The number of hydrogen-bond acceptors (Lipinski definition) is 3. The molecule has 0 bridgehead atoms. The summed E-state index contributed by atoms with van der Waals surface area (Å²) in [5, 5.41) is 0. The van der Waals surface area contributed by atoms with Crippen LogP contribution in [0.5, 0.6) is 0 Å². The minimum atomic E-state index is -2.51. The molecule has 1 aromatic heterocycles. The van der Waals surface area contributed by atoms with Gasteiger partial charge < -0.3 is 4.90 Å². The van der Waals surface area contributed by atoms with Crippen LogP contribution in [0.3, 0.4) is 0 Å². The second kappa shape index (κ2) is 5.18. The Labute approximate surface area is 123 Å². The minimum Gasteiger partial charge on any atom is -0.356 e. The van der Waals surface area contributed by atoms with Crippen LogP contribution in [0.1, 0.15) is 62.4 Å². The Hall–Kier alpha value is -1.26. The summed E-state index contributed by atoms with van der Waals surface area (Å²) in [5.74, 6) is 3.14. The molecule has 3 fully saturated rings. The molecule has 5 heteroatoms. The lowest BCUT2D eigenvalue weighted by Crippen LogP contribution is -2.22. The average Bonchev–Trinajstić information content (AvgIpc) is 3.25. The number of nitrogens with zero attached hydrogens (tertiary/aromatic N) is 3. The molecule has 21 heavy (non-hydrogen) atoms. The summed E-state index contributed by atoms with van der Waals surface area (Å²) in [6, 6.07) is 1.51. The van der Waals surface area contributed by atoms with E-state index >= 15 is 0 Å². The molecule has 0 spiro atoms. The third kappa shape index (κ3) is 2.62. The van der Waals surface area contributed by atoms with Gasteiger partial charge in [-0.15, -0.1) is 0 Å². The molecule has 0 N–H and O–H groups in total. The van der Waals surface area contributed by atoms with Crippen molar-refractivity contribution in [3.05, 3.63) is 17.6 Å². The van der Waals surface area contributed by atoms with Crippen LogP contribution in [0.4, 0.5) is 14.6 Å². The maximum Gasteiger partial charge on any atom is 0.280 e. The van der Waals surface area contributed by atoms with E-state index in [0.29, 0.717) is 11.7 Å². The molecule has 0 amide bonds. The molecule has 2 unspecified atom stereocenters. The summed E-state index contributed by atoms with van der Waals surface area (Å²) in [6.07, 6.45) is 4.76. The first-order valence-corrected chi connectivity index (χ1v) is 8.12. The molecule has 4 rings (SSSR count). The molecule has 1 aromatic rings. The molecule has 3 nitrogen and oxygen atoms in total. The van der Waals surface area contributed by atoms with E-state index in [1.807, 2.05) is 0 Å². The van der Waals surface area contributed by atoms with Gasteiger partial charge in [-0.3, -0.25) is 0 Å². The molecule has 1 saturated heterocycles. The van der Waals surface area contributed by atoms with Crippen LogP contribution in [-0.2, 0) is 0 Å². The van der Waals surface area contributed by atoms with E-state index in [9.17, 15) is 8.78 Å². The van der Waals surface area contributed by atoms with Gasteiger partial charge in [-0.05, 0) is 37.5 Å². The monoisotopic (exact) mass is 293 g/mol. The van der Waals surface area contributed by atoms with Crippen LogP contribution >= 0.6 is 0 Å². The van der Waals surface area contributed by atoms with E-state index in [1.165, 1.54) is 31.7 Å². The fourth-order valence-electron chi connectivity index (χ4n) is 3.86. The summed E-state index contributed by atoms with van der Waals surface area (Å²) in [6.45, 7) is 1.96. The lowest BCUT2D eigenvalue weighted by atomic mass is 9.82. The van der Waals surface area contributed by atoms with Crippen LogP contribution < -0.4 is 4.90 Å². The van der Waals surface area contributed by atoms with E-state index in [2.05, 4.69) is 14.9 Å². The maximum absolute atomic E-state index is 13.1. The highest BCUT2D eigenvalue weighted by molar-refractivity contribution is 5.42. The number of aromatic nitrogens is 2. The van der Waals surface area contributed by atoms with E-state index in [0.717, 1.165) is 43.6 Å². The fourth-order valence-corrected chi connectivity index (χ4v) is 3.86. The van der Waals surface area contributed by atoms with Crippen molar-refractivity contribution in [1.82, 2.24) is 9.97 Å². The molecular formula is C16H21F2N3. The van der Waals surface area contributed by atoms with Gasteiger partial charge in [0.05, 0.1) is 0 Å². The molecule has 1 aliphatic heterocycles. The molecular weight excluding hydrogens is 272 g/mol. The van der Waals surface area contributed by atoms with Gasteiger partial charge in [-0.25, -0.2) is 18.7 Å². The van der Waals surface area contributed by atoms with Crippen molar-refractivity contribution in [2.75, 3.05) is 18.0 Å². The number of fused-ring (bicyclic) bond motifs is 1. The Morgan fingerprint density at radius 2 is 1.67 bits per heavy atom. The van der Waals surface area contributed by atoms with Crippen LogP contribution in [0, 0.1) is 11.8 Å². The molecule has 0 aromatic carbocycles. The quantitative estimate of drug-likeness (QED) is 0.846. The van der Waals surface area contributed by atoms with Crippen molar-refractivity contribution in [3.63, 3.8) is 0 Å². The Morgan fingerprint density at radius 3 is 2.24 bits per heavy atom. The molecule has 2 saturated carbocycles. The molecule has 2 atom stereocenters. The van der Waals surface area contributed by atoms with Crippen molar-refractivity contribution >= 4 is 5.82 Å². The lowest BCUT2D eigenvalue weighted by Gasteiger charge is -2.22. The van der Waals surface area contributed by atoms with Crippen LogP contribution in [0.25, 0.3) is 0 Å². The largest absolute Gasteiger partial charge is 0.356 e. The predicted octanol–water partition coefficient (Wildman–Crippen LogP) is 3.92. The number of anilines is 1. The summed E-state index contributed by atoms with van der Waals surface area (Å²) in [4.78, 5) is 10.9. The standard InChI is InChI=1S/C16H21F2N3/c17-15(18)13-7-14(20-16(19-13)10-5-6-10)21-8-11-3-1-2-4-12(11)9-21/h7,10-12,15H,1-6,8-9H2. The van der Waals surface area contributed by atoms with Crippen molar-refractivity contribution in [3.8, 4) is 0 Å². The zero-order chi connectivity index (χ0) is 14.4. The second-order valence-corrected chi connectivity index (χ2v) is 6.79. The third-order valence-electron chi connectivity index (χ3n) is 5.22. The number of alkyl halides is 2. The lowest BCUT2D eigenvalue weighted by molar-refractivity contribution is 0.145. The Kier molecular flexibility index (Phi) is 3.31. The highest BCUT2D eigenvalue weighted by Crippen LogP contribution is 2.41. The first-order valence-electron chi connectivity index (χ1n) is 8.12. The van der Waals surface area contributed by atoms with Gasteiger partial charge in [0.2, 0.25) is 0 Å². The van der Waals surface area contributed by atoms with Crippen molar-refractivity contribution in [1.29, 1.82) is 0 Å². The van der Waals surface area contributed by atoms with Gasteiger partial charge in [-0.1, -0.05) is 12.8 Å². The van der Waals surface area contributed by atoms with Gasteiger partial charge in [0, 0.05) is 25.1 Å². The van der Waals surface area contributed by atoms with E-state index < -0.39 is 6.43 Å². The van der Waals surface area contributed by atoms with Gasteiger partial charge in [-0.2, -0.15) is 0 Å². The van der Waals surface area contributed by atoms with Gasteiger partial charge >= 0.3 is 0 Å². The van der Waals surface area contributed by atoms with E-state index in [1.54, 1.807) is 0 Å². The minimum absolute atomic E-state index is 0.100. The third-order valence-corrected chi connectivity index (χ3v) is 5.22. The van der Waals surface area contributed by atoms with Crippen LogP contribution in [-0.4, -0.2) is 23.1 Å². The average molecular weight is 293 g/mol. The summed E-state index contributed by atoms with van der Waals surface area (Å²) >= 11 is 0. The summed E-state index contributed by atoms with van der Waals surface area (Å²) < 4.78 is 26.2. The predicted molar refractivity (Wildman–Crippen MR) is 76.6 cm³/mol. The zero-order valence-corrected chi connectivity index (χ0v) is 12.1.